The minimum atomic E-state index is 0.373. The lowest BCUT2D eigenvalue weighted by Gasteiger charge is -2.30. The summed E-state index contributed by atoms with van der Waals surface area (Å²) in [4.78, 5) is 8.97. The molecule has 0 spiro atoms. The molecule has 1 fully saturated rings. The van der Waals surface area contributed by atoms with E-state index in [0.717, 1.165) is 43.2 Å². The highest BCUT2D eigenvalue weighted by molar-refractivity contribution is 7.15. The van der Waals surface area contributed by atoms with Gasteiger partial charge in [-0.3, -0.25) is 9.88 Å². The van der Waals surface area contributed by atoms with Crippen LogP contribution in [0.4, 0.5) is 0 Å². The van der Waals surface area contributed by atoms with Crippen LogP contribution in [0.2, 0.25) is 0 Å². The first-order valence-electron chi connectivity index (χ1n) is 8.29. The lowest BCUT2D eigenvalue weighted by atomic mass is 9.96. The summed E-state index contributed by atoms with van der Waals surface area (Å²) in [5, 5.41) is 8.53. The number of hydrogen-bond donors (Lipinski definition) is 0. The SMILES string of the molecule is Cc1ccc(-c2nnc(C3CCN(Cc4cccnc4)CC3)o2)s1. The van der Waals surface area contributed by atoms with Crippen LogP contribution in [-0.4, -0.2) is 33.2 Å². The minimum absolute atomic E-state index is 0.373. The van der Waals surface area contributed by atoms with Crippen molar-refractivity contribution in [3.8, 4) is 10.8 Å². The highest BCUT2D eigenvalue weighted by Crippen LogP contribution is 2.32. The molecule has 0 aliphatic carbocycles. The van der Waals surface area contributed by atoms with Crippen LogP contribution in [0, 0.1) is 6.92 Å². The average molecular weight is 340 g/mol. The number of nitrogens with zero attached hydrogens (tertiary/aromatic N) is 4. The Hall–Kier alpha value is -2.05. The van der Waals surface area contributed by atoms with Gasteiger partial charge in [-0.05, 0) is 56.6 Å². The molecule has 1 saturated heterocycles. The topological polar surface area (TPSA) is 55.1 Å². The second-order valence-corrected chi connectivity index (χ2v) is 7.56. The van der Waals surface area contributed by atoms with E-state index < -0.39 is 0 Å². The summed E-state index contributed by atoms with van der Waals surface area (Å²) in [7, 11) is 0. The van der Waals surface area contributed by atoms with Crippen LogP contribution in [0.3, 0.4) is 0 Å². The first kappa shape index (κ1) is 15.5. The Morgan fingerprint density at radius 1 is 1.21 bits per heavy atom. The number of aromatic nitrogens is 3. The molecule has 0 aromatic carbocycles. The molecule has 0 unspecified atom stereocenters. The van der Waals surface area contributed by atoms with Gasteiger partial charge in [-0.1, -0.05) is 6.07 Å². The van der Waals surface area contributed by atoms with Crippen molar-refractivity contribution in [3.05, 3.63) is 53.0 Å². The summed E-state index contributed by atoms with van der Waals surface area (Å²) in [6.07, 6.45) is 5.88. The van der Waals surface area contributed by atoms with E-state index in [1.54, 1.807) is 11.3 Å². The quantitative estimate of drug-likeness (QED) is 0.721. The summed E-state index contributed by atoms with van der Waals surface area (Å²) in [5.74, 6) is 1.82. The maximum atomic E-state index is 5.94. The van der Waals surface area contributed by atoms with E-state index in [9.17, 15) is 0 Å². The molecule has 0 atom stereocenters. The minimum Gasteiger partial charge on any atom is -0.420 e. The Kier molecular flexibility index (Phi) is 4.40. The van der Waals surface area contributed by atoms with Crippen molar-refractivity contribution in [3.63, 3.8) is 0 Å². The molecule has 3 aromatic heterocycles. The van der Waals surface area contributed by atoms with Crippen LogP contribution in [-0.2, 0) is 6.54 Å². The van der Waals surface area contributed by atoms with Crippen molar-refractivity contribution in [2.24, 2.45) is 0 Å². The zero-order chi connectivity index (χ0) is 16.4. The predicted molar refractivity (Wildman–Crippen MR) is 93.8 cm³/mol. The molecule has 5 nitrogen and oxygen atoms in total. The van der Waals surface area contributed by atoms with Crippen LogP contribution in [0.5, 0.6) is 0 Å². The molecule has 1 aliphatic heterocycles. The standard InChI is InChI=1S/C18H20N4OS/c1-13-4-5-16(24-13)18-21-20-17(23-18)15-6-9-22(10-7-15)12-14-3-2-8-19-11-14/h2-5,8,11,15H,6-7,9-10,12H2,1H3. The van der Waals surface area contributed by atoms with Crippen molar-refractivity contribution in [2.75, 3.05) is 13.1 Å². The average Bonchev–Trinajstić information content (AvgIpc) is 3.25. The smallest absolute Gasteiger partial charge is 0.257 e. The summed E-state index contributed by atoms with van der Waals surface area (Å²) >= 11 is 1.69. The monoisotopic (exact) mass is 340 g/mol. The number of piperidine rings is 1. The fraction of sp³-hybridized carbons (Fsp3) is 0.389. The van der Waals surface area contributed by atoms with E-state index in [0.29, 0.717) is 11.8 Å². The van der Waals surface area contributed by atoms with Crippen LogP contribution in [0.25, 0.3) is 10.8 Å². The number of pyridine rings is 1. The largest absolute Gasteiger partial charge is 0.420 e. The first-order valence-corrected chi connectivity index (χ1v) is 9.11. The molecule has 0 radical (unpaired) electrons. The highest BCUT2D eigenvalue weighted by atomic mass is 32.1. The van der Waals surface area contributed by atoms with Gasteiger partial charge in [0.05, 0.1) is 4.88 Å². The van der Waals surface area contributed by atoms with Gasteiger partial charge in [0.2, 0.25) is 5.89 Å². The molecular formula is C18H20N4OS. The maximum Gasteiger partial charge on any atom is 0.257 e. The Morgan fingerprint density at radius 2 is 2.08 bits per heavy atom. The molecule has 1 aliphatic rings. The second kappa shape index (κ2) is 6.83. The molecule has 6 heteroatoms. The van der Waals surface area contributed by atoms with Crippen molar-refractivity contribution in [1.29, 1.82) is 0 Å². The zero-order valence-corrected chi connectivity index (χ0v) is 14.5. The Labute approximate surface area is 145 Å². The van der Waals surface area contributed by atoms with E-state index in [1.807, 2.05) is 24.5 Å². The normalized spacial score (nSPS) is 16.5. The molecular weight excluding hydrogens is 320 g/mol. The van der Waals surface area contributed by atoms with E-state index in [1.165, 1.54) is 10.4 Å². The van der Waals surface area contributed by atoms with Gasteiger partial charge >= 0.3 is 0 Å². The van der Waals surface area contributed by atoms with E-state index in [2.05, 4.69) is 39.1 Å². The predicted octanol–water partition coefficient (Wildman–Crippen LogP) is 3.88. The van der Waals surface area contributed by atoms with Gasteiger partial charge in [0.1, 0.15) is 0 Å². The van der Waals surface area contributed by atoms with Crippen molar-refractivity contribution < 1.29 is 4.42 Å². The lowest BCUT2D eigenvalue weighted by molar-refractivity contribution is 0.193. The van der Waals surface area contributed by atoms with Crippen LogP contribution >= 0.6 is 11.3 Å². The summed E-state index contributed by atoms with van der Waals surface area (Å²) in [6, 6.07) is 8.26. The highest BCUT2D eigenvalue weighted by Gasteiger charge is 2.25. The number of hydrogen-bond acceptors (Lipinski definition) is 6. The van der Waals surface area contributed by atoms with Gasteiger partial charge in [0.15, 0.2) is 0 Å². The molecule has 24 heavy (non-hydrogen) atoms. The third kappa shape index (κ3) is 3.39. The van der Waals surface area contributed by atoms with E-state index >= 15 is 0 Å². The maximum absolute atomic E-state index is 5.94. The van der Waals surface area contributed by atoms with Crippen LogP contribution < -0.4 is 0 Å². The molecule has 0 N–H and O–H groups in total. The molecule has 3 aromatic rings. The van der Waals surface area contributed by atoms with Gasteiger partial charge in [-0.25, -0.2) is 0 Å². The van der Waals surface area contributed by atoms with Crippen molar-refractivity contribution in [2.45, 2.75) is 32.2 Å². The molecule has 0 saturated carbocycles. The fourth-order valence-corrected chi connectivity index (χ4v) is 3.93. The molecule has 0 bridgehead atoms. The number of likely N-dealkylation sites (tertiary alicyclic amines) is 1. The van der Waals surface area contributed by atoms with Gasteiger partial charge in [-0.15, -0.1) is 21.5 Å². The van der Waals surface area contributed by atoms with Gasteiger partial charge < -0.3 is 4.42 Å². The molecule has 124 valence electrons. The molecule has 0 amide bonds. The Bertz CT molecular complexity index is 790. The van der Waals surface area contributed by atoms with Crippen molar-refractivity contribution in [1.82, 2.24) is 20.1 Å². The lowest BCUT2D eigenvalue weighted by Crippen LogP contribution is -2.32. The Balaban J connectivity index is 1.37. The van der Waals surface area contributed by atoms with Gasteiger partial charge in [0.25, 0.3) is 5.89 Å². The molecule has 4 heterocycles. The van der Waals surface area contributed by atoms with Gasteiger partial charge in [-0.2, -0.15) is 0 Å². The van der Waals surface area contributed by atoms with Crippen molar-refractivity contribution >= 4 is 11.3 Å². The first-order chi connectivity index (χ1) is 11.8. The fourth-order valence-electron chi connectivity index (χ4n) is 3.14. The third-order valence-electron chi connectivity index (χ3n) is 4.46. The van der Waals surface area contributed by atoms with Crippen LogP contribution in [0.1, 0.15) is 35.1 Å². The van der Waals surface area contributed by atoms with Gasteiger partial charge in [0, 0.05) is 29.7 Å². The summed E-state index contributed by atoms with van der Waals surface area (Å²) < 4.78 is 5.94. The number of thiophene rings is 1. The Morgan fingerprint density at radius 3 is 2.79 bits per heavy atom. The summed E-state index contributed by atoms with van der Waals surface area (Å²) in [5.41, 5.74) is 1.27. The second-order valence-electron chi connectivity index (χ2n) is 6.27. The summed E-state index contributed by atoms with van der Waals surface area (Å²) in [6.45, 7) is 5.15. The zero-order valence-electron chi connectivity index (χ0n) is 13.7. The third-order valence-corrected chi connectivity index (χ3v) is 5.45. The number of aryl methyl sites for hydroxylation is 1. The van der Waals surface area contributed by atoms with E-state index in [-0.39, 0.29) is 0 Å². The number of rotatable bonds is 4. The molecule has 4 rings (SSSR count). The van der Waals surface area contributed by atoms with E-state index in [4.69, 9.17) is 4.42 Å². The van der Waals surface area contributed by atoms with Crippen LogP contribution in [0.15, 0.2) is 41.1 Å².